The van der Waals surface area contributed by atoms with Crippen LogP contribution in [0.5, 0.6) is 0 Å². The van der Waals surface area contributed by atoms with Crippen LogP contribution in [0.3, 0.4) is 0 Å². The van der Waals surface area contributed by atoms with E-state index >= 15 is 0 Å². The number of ether oxygens (including phenoxy) is 1. The van der Waals surface area contributed by atoms with Gasteiger partial charge >= 0.3 is 0 Å². The van der Waals surface area contributed by atoms with E-state index in [1.54, 1.807) is 0 Å². The van der Waals surface area contributed by atoms with Crippen LogP contribution in [-0.4, -0.2) is 11.7 Å². The minimum absolute atomic E-state index is 0.694. The fourth-order valence-corrected chi connectivity index (χ4v) is 2.72. The zero-order valence-electron chi connectivity index (χ0n) is 6.91. The van der Waals surface area contributed by atoms with Gasteiger partial charge in [-0.3, -0.25) is 0 Å². The van der Waals surface area contributed by atoms with Crippen LogP contribution in [0, 0.1) is 17.8 Å². The molecule has 62 valence electrons. The number of hydrogen-bond acceptors (Lipinski definition) is 2. The first-order chi connectivity index (χ1) is 5.79. The third-order valence-corrected chi connectivity index (χ3v) is 3.56. The first-order valence-corrected chi connectivity index (χ1v) is 4.78. The molecule has 1 aliphatic heterocycles. The fourth-order valence-electron chi connectivity index (χ4n) is 2.39. The van der Waals surface area contributed by atoms with Crippen molar-refractivity contribution < 1.29 is 4.74 Å². The monoisotopic (exact) mass is 178 g/mol. The maximum absolute atomic E-state index is 5.35. The van der Waals surface area contributed by atoms with Gasteiger partial charge in [0, 0.05) is 5.57 Å². The largest absolute Gasteiger partial charge is 0.478 e. The van der Waals surface area contributed by atoms with Gasteiger partial charge in [-0.1, -0.05) is 19.1 Å². The Bertz CT molecular complexity index is 327. The Morgan fingerprint density at radius 2 is 2.42 bits per heavy atom. The van der Waals surface area contributed by atoms with E-state index in [-0.39, 0.29) is 0 Å². The number of allylic oxidation sites excluding steroid dienone is 1. The van der Waals surface area contributed by atoms with Crippen molar-refractivity contribution in [2.24, 2.45) is 17.8 Å². The molecule has 3 atom stereocenters. The van der Waals surface area contributed by atoms with Crippen LogP contribution < -0.4 is 0 Å². The number of rotatable bonds is 0. The standard InChI is InChI=1S/C10H10OS/c1-5-7-3-2-6-4-11-10(12)9(6)8(5)7/h2-3,5,7-8H,4H2,1H3. The predicted octanol–water partition coefficient (Wildman–Crippen LogP) is 2.09. The van der Waals surface area contributed by atoms with Crippen molar-refractivity contribution in [2.45, 2.75) is 6.92 Å². The molecule has 3 aliphatic rings. The molecule has 0 N–H and O–H groups in total. The maximum atomic E-state index is 5.35. The summed E-state index contributed by atoms with van der Waals surface area (Å²) in [5.74, 6) is 2.23. The summed E-state index contributed by atoms with van der Waals surface area (Å²) < 4.78 is 5.35. The first kappa shape index (κ1) is 6.84. The summed E-state index contributed by atoms with van der Waals surface area (Å²) in [5.41, 5.74) is 2.66. The van der Waals surface area contributed by atoms with Gasteiger partial charge in [-0.2, -0.15) is 0 Å². The topological polar surface area (TPSA) is 9.23 Å². The smallest absolute Gasteiger partial charge is 0.188 e. The highest BCUT2D eigenvalue weighted by Crippen LogP contribution is 2.56. The molecule has 3 rings (SSSR count). The van der Waals surface area contributed by atoms with E-state index < -0.39 is 0 Å². The average molecular weight is 178 g/mol. The van der Waals surface area contributed by atoms with Crippen molar-refractivity contribution in [3.8, 4) is 0 Å². The van der Waals surface area contributed by atoms with Crippen LogP contribution in [0.2, 0.25) is 0 Å². The lowest BCUT2D eigenvalue weighted by Gasteiger charge is -2.03. The van der Waals surface area contributed by atoms with Gasteiger partial charge in [0.05, 0.1) is 0 Å². The summed E-state index contributed by atoms with van der Waals surface area (Å²) in [6.07, 6.45) is 4.50. The molecule has 1 saturated carbocycles. The van der Waals surface area contributed by atoms with Gasteiger partial charge in [-0.25, -0.2) is 0 Å². The molecule has 0 saturated heterocycles. The van der Waals surface area contributed by atoms with Crippen molar-refractivity contribution in [1.82, 2.24) is 0 Å². The molecule has 2 heteroatoms. The fraction of sp³-hybridized carbons (Fsp3) is 0.500. The maximum Gasteiger partial charge on any atom is 0.188 e. The van der Waals surface area contributed by atoms with E-state index in [2.05, 4.69) is 19.1 Å². The van der Waals surface area contributed by atoms with E-state index in [1.165, 1.54) is 11.1 Å². The van der Waals surface area contributed by atoms with E-state index in [9.17, 15) is 0 Å². The Balaban J connectivity index is 2.09. The number of fused-ring (bicyclic) bond motifs is 2. The molecule has 12 heavy (non-hydrogen) atoms. The molecule has 0 amide bonds. The molecule has 1 nitrogen and oxygen atoms in total. The van der Waals surface area contributed by atoms with E-state index in [4.69, 9.17) is 17.0 Å². The molecular weight excluding hydrogens is 168 g/mol. The lowest BCUT2D eigenvalue weighted by molar-refractivity contribution is 0.369. The third-order valence-electron chi connectivity index (χ3n) is 3.22. The molecular formula is C10H10OS. The Hall–Kier alpha value is -0.630. The third kappa shape index (κ3) is 0.667. The molecule has 0 aromatic rings. The second-order valence-electron chi connectivity index (χ2n) is 3.84. The van der Waals surface area contributed by atoms with Gasteiger partial charge in [-0.05, 0) is 35.5 Å². The minimum atomic E-state index is 0.694. The molecule has 0 aromatic heterocycles. The highest BCUT2D eigenvalue weighted by molar-refractivity contribution is 7.80. The lowest BCUT2D eigenvalue weighted by Crippen LogP contribution is -2.01. The number of thiocarbonyl (C=S) groups is 1. The van der Waals surface area contributed by atoms with Crippen molar-refractivity contribution in [3.63, 3.8) is 0 Å². The van der Waals surface area contributed by atoms with E-state index in [0.29, 0.717) is 12.5 Å². The van der Waals surface area contributed by atoms with Crippen molar-refractivity contribution >= 4 is 17.3 Å². The van der Waals surface area contributed by atoms with Gasteiger partial charge < -0.3 is 4.74 Å². The van der Waals surface area contributed by atoms with Crippen LogP contribution in [-0.2, 0) is 4.74 Å². The first-order valence-electron chi connectivity index (χ1n) is 4.37. The second kappa shape index (κ2) is 1.99. The average Bonchev–Trinajstić information content (AvgIpc) is 2.56. The zero-order chi connectivity index (χ0) is 8.29. The summed E-state index contributed by atoms with van der Waals surface area (Å²) in [6.45, 7) is 3.00. The Labute approximate surface area is 77.1 Å². The summed E-state index contributed by atoms with van der Waals surface area (Å²) in [7, 11) is 0. The van der Waals surface area contributed by atoms with Crippen molar-refractivity contribution in [2.75, 3.05) is 6.61 Å². The summed E-state index contributed by atoms with van der Waals surface area (Å²) >= 11 is 5.16. The molecule has 3 unspecified atom stereocenters. The number of hydrogen-bond donors (Lipinski definition) is 0. The molecule has 1 heterocycles. The second-order valence-corrected chi connectivity index (χ2v) is 4.21. The predicted molar refractivity (Wildman–Crippen MR) is 50.9 cm³/mol. The van der Waals surface area contributed by atoms with Crippen LogP contribution >= 0.6 is 12.2 Å². The van der Waals surface area contributed by atoms with Crippen LogP contribution in [0.4, 0.5) is 0 Å². The Morgan fingerprint density at radius 3 is 3.25 bits per heavy atom. The summed E-state index contributed by atoms with van der Waals surface area (Å²) in [5, 5.41) is 0.758. The molecule has 0 bridgehead atoms. The van der Waals surface area contributed by atoms with Gasteiger partial charge in [0.2, 0.25) is 0 Å². The summed E-state index contributed by atoms with van der Waals surface area (Å²) in [6, 6.07) is 0. The molecule has 2 aliphatic carbocycles. The van der Waals surface area contributed by atoms with Gasteiger partial charge in [0.15, 0.2) is 5.05 Å². The summed E-state index contributed by atoms with van der Waals surface area (Å²) in [4.78, 5) is 0. The Kier molecular flexibility index (Phi) is 1.14. The van der Waals surface area contributed by atoms with Crippen LogP contribution in [0.15, 0.2) is 23.3 Å². The molecule has 0 radical (unpaired) electrons. The molecule has 1 fully saturated rings. The minimum Gasteiger partial charge on any atom is -0.478 e. The van der Waals surface area contributed by atoms with Gasteiger partial charge in [-0.15, -0.1) is 0 Å². The van der Waals surface area contributed by atoms with Crippen LogP contribution in [0.1, 0.15) is 6.92 Å². The van der Waals surface area contributed by atoms with Gasteiger partial charge in [0.1, 0.15) is 6.61 Å². The van der Waals surface area contributed by atoms with E-state index in [1.807, 2.05) is 0 Å². The Morgan fingerprint density at radius 1 is 1.58 bits per heavy atom. The quantitative estimate of drug-likeness (QED) is 0.525. The normalized spacial score (nSPS) is 42.4. The van der Waals surface area contributed by atoms with Crippen LogP contribution in [0.25, 0.3) is 0 Å². The SMILES string of the molecule is CC1C2C=CC3=C(C(=S)OC3)C12. The molecule has 0 spiro atoms. The van der Waals surface area contributed by atoms with Gasteiger partial charge in [0.25, 0.3) is 0 Å². The van der Waals surface area contributed by atoms with Crippen molar-refractivity contribution in [1.29, 1.82) is 0 Å². The highest BCUT2D eigenvalue weighted by Gasteiger charge is 2.52. The zero-order valence-corrected chi connectivity index (χ0v) is 7.73. The van der Waals surface area contributed by atoms with E-state index in [0.717, 1.165) is 16.9 Å². The van der Waals surface area contributed by atoms with Crippen molar-refractivity contribution in [3.05, 3.63) is 23.3 Å². The highest BCUT2D eigenvalue weighted by atomic mass is 32.1. The molecule has 0 aromatic carbocycles. The lowest BCUT2D eigenvalue weighted by atomic mass is 10.00.